The summed E-state index contributed by atoms with van der Waals surface area (Å²) in [4.78, 5) is 4.70. The first-order chi connectivity index (χ1) is 8.49. The molecule has 0 N–H and O–H groups in total. The minimum absolute atomic E-state index is 0.0368. The van der Waals surface area contributed by atoms with Gasteiger partial charge in [0.15, 0.2) is 11.9 Å². The van der Waals surface area contributed by atoms with E-state index in [0.29, 0.717) is 5.92 Å². The molecule has 0 aromatic carbocycles. The van der Waals surface area contributed by atoms with E-state index in [9.17, 15) is 0 Å². The van der Waals surface area contributed by atoms with Crippen LogP contribution in [0.2, 0.25) is 0 Å². The van der Waals surface area contributed by atoms with Crippen molar-refractivity contribution in [2.75, 3.05) is 7.11 Å². The van der Waals surface area contributed by atoms with Crippen LogP contribution in [0.25, 0.3) is 0 Å². The average Bonchev–Trinajstić information content (AvgIpc) is 3.06. The van der Waals surface area contributed by atoms with E-state index in [1.165, 1.54) is 18.4 Å². The van der Waals surface area contributed by atoms with Gasteiger partial charge in [0.05, 0.1) is 7.11 Å². The van der Waals surface area contributed by atoms with Crippen LogP contribution in [0.15, 0.2) is 28.5 Å². The molecule has 2 atom stereocenters. The van der Waals surface area contributed by atoms with Crippen LogP contribution in [0.5, 0.6) is 0 Å². The Bertz CT molecular complexity index is 450. The lowest BCUT2D eigenvalue weighted by Crippen LogP contribution is -2.29. The zero-order valence-corrected chi connectivity index (χ0v) is 11.6. The van der Waals surface area contributed by atoms with Gasteiger partial charge in [0.2, 0.25) is 0 Å². The fourth-order valence-corrected chi connectivity index (χ4v) is 2.44. The lowest BCUT2D eigenvalue weighted by Gasteiger charge is -2.28. The second-order valence-corrected chi connectivity index (χ2v) is 6.39. The molecule has 18 heavy (non-hydrogen) atoms. The predicted molar refractivity (Wildman–Crippen MR) is 71.5 cm³/mol. The summed E-state index contributed by atoms with van der Waals surface area (Å²) in [5, 5.41) is 0. The Morgan fingerprint density at radius 3 is 2.61 bits per heavy atom. The number of aliphatic imine (C=N–C) groups is 1. The normalized spacial score (nSPS) is 31.0. The van der Waals surface area contributed by atoms with Gasteiger partial charge >= 0.3 is 0 Å². The Hall–Kier alpha value is -1.25. The summed E-state index contributed by atoms with van der Waals surface area (Å²) < 4.78 is 11.5. The highest BCUT2D eigenvalue weighted by Gasteiger charge is 2.42. The first-order valence-electron chi connectivity index (χ1n) is 6.71. The molecule has 1 saturated carbocycles. The maximum absolute atomic E-state index is 6.00. The summed E-state index contributed by atoms with van der Waals surface area (Å²) in [5.74, 6) is 2.45. The van der Waals surface area contributed by atoms with Crippen molar-refractivity contribution in [3.63, 3.8) is 0 Å². The van der Waals surface area contributed by atoms with Crippen molar-refractivity contribution in [2.24, 2.45) is 16.3 Å². The van der Waals surface area contributed by atoms with Crippen LogP contribution in [0.4, 0.5) is 0 Å². The number of ether oxygens (including phenoxy) is 2. The van der Waals surface area contributed by atoms with Crippen molar-refractivity contribution in [1.82, 2.24) is 0 Å². The van der Waals surface area contributed by atoms with Gasteiger partial charge in [0.1, 0.15) is 11.9 Å². The molecule has 0 radical (unpaired) electrons. The van der Waals surface area contributed by atoms with Crippen molar-refractivity contribution < 1.29 is 9.47 Å². The number of hydrogen-bond acceptors (Lipinski definition) is 3. The third kappa shape index (κ3) is 1.96. The van der Waals surface area contributed by atoms with Crippen molar-refractivity contribution in [3.8, 4) is 0 Å². The SMILES string of the molecule is COC1=CC(C(C)(C)C)=CC2OC(C3CC3)=NC12. The lowest BCUT2D eigenvalue weighted by molar-refractivity contribution is 0.189. The standard InChI is InChI=1S/C15H21NO2/c1-15(2,3)10-7-11(17-4)13-12(8-10)18-14(16-13)9-5-6-9/h7-9,12-13H,5-6H2,1-4H3. The molecule has 3 nitrogen and oxygen atoms in total. The van der Waals surface area contributed by atoms with Crippen LogP contribution in [0, 0.1) is 11.3 Å². The molecule has 2 unspecified atom stereocenters. The third-order valence-corrected chi connectivity index (χ3v) is 3.80. The van der Waals surface area contributed by atoms with Crippen LogP contribution in [0.3, 0.4) is 0 Å². The second-order valence-electron chi connectivity index (χ2n) is 6.39. The van der Waals surface area contributed by atoms with Crippen LogP contribution >= 0.6 is 0 Å². The summed E-state index contributed by atoms with van der Waals surface area (Å²) in [7, 11) is 1.72. The number of methoxy groups -OCH3 is 1. The number of hydrogen-bond donors (Lipinski definition) is 0. The Kier molecular flexibility index (Phi) is 2.54. The van der Waals surface area contributed by atoms with Crippen molar-refractivity contribution in [2.45, 2.75) is 45.8 Å². The Morgan fingerprint density at radius 2 is 2.06 bits per heavy atom. The Balaban J connectivity index is 1.90. The van der Waals surface area contributed by atoms with Crippen LogP contribution < -0.4 is 0 Å². The van der Waals surface area contributed by atoms with Gasteiger partial charge < -0.3 is 9.47 Å². The first-order valence-corrected chi connectivity index (χ1v) is 6.71. The summed E-state index contributed by atoms with van der Waals surface area (Å²) in [5.41, 5.74) is 1.38. The van der Waals surface area contributed by atoms with Crippen molar-refractivity contribution in [1.29, 1.82) is 0 Å². The molecule has 0 amide bonds. The van der Waals surface area contributed by atoms with Gasteiger partial charge in [-0.05, 0) is 36.0 Å². The largest absolute Gasteiger partial charge is 0.499 e. The smallest absolute Gasteiger partial charge is 0.188 e. The summed E-state index contributed by atoms with van der Waals surface area (Å²) in [6.07, 6.45) is 6.82. The predicted octanol–water partition coefficient (Wildman–Crippen LogP) is 3.08. The van der Waals surface area contributed by atoms with Gasteiger partial charge in [-0.2, -0.15) is 0 Å². The molecule has 98 valence electrons. The van der Waals surface area contributed by atoms with Crippen molar-refractivity contribution >= 4 is 5.90 Å². The van der Waals surface area contributed by atoms with E-state index in [1.54, 1.807) is 7.11 Å². The van der Waals surface area contributed by atoms with Gasteiger partial charge in [0.25, 0.3) is 0 Å². The molecule has 1 fully saturated rings. The van der Waals surface area contributed by atoms with E-state index in [2.05, 4.69) is 32.9 Å². The van der Waals surface area contributed by atoms with Gasteiger partial charge in [0, 0.05) is 5.92 Å². The number of rotatable bonds is 2. The van der Waals surface area contributed by atoms with Gasteiger partial charge in [-0.15, -0.1) is 0 Å². The quantitative estimate of drug-likeness (QED) is 0.750. The monoisotopic (exact) mass is 247 g/mol. The molecular weight excluding hydrogens is 226 g/mol. The summed E-state index contributed by atoms with van der Waals surface area (Å²) in [6.45, 7) is 6.63. The molecule has 3 heteroatoms. The van der Waals surface area contributed by atoms with Gasteiger partial charge in [-0.25, -0.2) is 4.99 Å². The Morgan fingerprint density at radius 1 is 1.33 bits per heavy atom. The van der Waals surface area contributed by atoms with Crippen LogP contribution in [-0.2, 0) is 9.47 Å². The van der Waals surface area contributed by atoms with Gasteiger partial charge in [-0.3, -0.25) is 0 Å². The van der Waals surface area contributed by atoms with E-state index in [4.69, 9.17) is 14.5 Å². The van der Waals surface area contributed by atoms with E-state index in [0.717, 1.165) is 11.7 Å². The fourth-order valence-electron chi connectivity index (χ4n) is 2.44. The minimum atomic E-state index is 0.0368. The molecule has 3 rings (SSSR count). The summed E-state index contributed by atoms with van der Waals surface area (Å²) in [6, 6.07) is 0.0386. The lowest BCUT2D eigenvalue weighted by atomic mass is 9.81. The molecule has 0 spiro atoms. The van der Waals surface area contributed by atoms with E-state index in [1.807, 2.05) is 0 Å². The topological polar surface area (TPSA) is 30.8 Å². The molecule has 0 bridgehead atoms. The van der Waals surface area contributed by atoms with Gasteiger partial charge in [-0.1, -0.05) is 20.8 Å². The zero-order chi connectivity index (χ0) is 12.9. The van der Waals surface area contributed by atoms with Crippen LogP contribution in [0.1, 0.15) is 33.6 Å². The second kappa shape index (κ2) is 3.87. The minimum Gasteiger partial charge on any atom is -0.499 e. The average molecular weight is 247 g/mol. The molecule has 0 aromatic rings. The first kappa shape index (κ1) is 11.8. The highest BCUT2D eigenvalue weighted by atomic mass is 16.5. The molecule has 3 aliphatic rings. The number of allylic oxidation sites excluding steroid dienone is 2. The van der Waals surface area contributed by atoms with Crippen LogP contribution in [-0.4, -0.2) is 25.2 Å². The fraction of sp³-hybridized carbons (Fsp3) is 0.667. The molecule has 1 aliphatic heterocycles. The maximum atomic E-state index is 6.00. The molecule has 0 saturated heterocycles. The molecule has 2 aliphatic carbocycles. The highest BCUT2D eigenvalue weighted by Crippen LogP contribution is 2.40. The number of nitrogens with zero attached hydrogens (tertiary/aromatic N) is 1. The highest BCUT2D eigenvalue weighted by molar-refractivity contribution is 5.83. The maximum Gasteiger partial charge on any atom is 0.188 e. The molecular formula is C15H21NO2. The molecule has 0 aromatic heterocycles. The summed E-state index contributed by atoms with van der Waals surface area (Å²) >= 11 is 0. The van der Waals surface area contributed by atoms with E-state index < -0.39 is 0 Å². The number of fused-ring (bicyclic) bond motifs is 1. The third-order valence-electron chi connectivity index (χ3n) is 3.80. The van der Waals surface area contributed by atoms with Crippen molar-refractivity contribution in [3.05, 3.63) is 23.5 Å². The van der Waals surface area contributed by atoms with E-state index >= 15 is 0 Å². The Labute approximate surface area is 109 Å². The molecule has 1 heterocycles. The van der Waals surface area contributed by atoms with E-state index in [-0.39, 0.29) is 17.6 Å². The zero-order valence-electron chi connectivity index (χ0n) is 11.6.